The van der Waals surface area contributed by atoms with Crippen LogP contribution < -0.4 is 0 Å². The number of halogens is 1. The molecular formula is C9H7ClN2. The van der Waals surface area contributed by atoms with Gasteiger partial charge in [-0.15, -0.1) is 0 Å². The minimum absolute atomic E-state index is 0.723. The van der Waals surface area contributed by atoms with Crippen molar-refractivity contribution in [2.24, 2.45) is 0 Å². The van der Waals surface area contributed by atoms with Gasteiger partial charge in [0.2, 0.25) is 0 Å². The van der Waals surface area contributed by atoms with Gasteiger partial charge in [-0.05, 0) is 25.1 Å². The van der Waals surface area contributed by atoms with E-state index in [1.54, 1.807) is 6.33 Å². The SMILES string of the molecule is Cc1ncnc2ccc(Cl)cc12. The van der Waals surface area contributed by atoms with E-state index in [1.165, 1.54) is 0 Å². The van der Waals surface area contributed by atoms with Crippen LogP contribution in [-0.2, 0) is 0 Å². The van der Waals surface area contributed by atoms with E-state index < -0.39 is 0 Å². The highest BCUT2D eigenvalue weighted by Crippen LogP contribution is 2.18. The van der Waals surface area contributed by atoms with Crippen molar-refractivity contribution in [1.29, 1.82) is 0 Å². The van der Waals surface area contributed by atoms with Crippen molar-refractivity contribution in [1.82, 2.24) is 9.97 Å². The zero-order valence-electron chi connectivity index (χ0n) is 6.58. The summed E-state index contributed by atoms with van der Waals surface area (Å²) in [6.07, 6.45) is 1.56. The summed E-state index contributed by atoms with van der Waals surface area (Å²) in [5.74, 6) is 0. The van der Waals surface area contributed by atoms with Gasteiger partial charge in [-0.3, -0.25) is 0 Å². The molecule has 0 atom stereocenters. The number of hydrogen-bond acceptors (Lipinski definition) is 2. The second-order valence-electron chi connectivity index (χ2n) is 2.62. The molecule has 12 heavy (non-hydrogen) atoms. The molecule has 3 heteroatoms. The molecule has 1 aromatic heterocycles. The molecule has 2 rings (SSSR count). The van der Waals surface area contributed by atoms with Crippen LogP contribution >= 0.6 is 11.6 Å². The maximum Gasteiger partial charge on any atom is 0.116 e. The van der Waals surface area contributed by atoms with Crippen molar-refractivity contribution >= 4 is 22.5 Å². The van der Waals surface area contributed by atoms with Crippen LogP contribution in [0.5, 0.6) is 0 Å². The van der Waals surface area contributed by atoms with Crippen LogP contribution in [-0.4, -0.2) is 9.97 Å². The molecule has 60 valence electrons. The topological polar surface area (TPSA) is 25.8 Å². The van der Waals surface area contributed by atoms with Crippen molar-refractivity contribution in [2.75, 3.05) is 0 Å². The minimum atomic E-state index is 0.723. The van der Waals surface area contributed by atoms with Crippen molar-refractivity contribution in [3.63, 3.8) is 0 Å². The third-order valence-electron chi connectivity index (χ3n) is 1.80. The zero-order chi connectivity index (χ0) is 8.55. The van der Waals surface area contributed by atoms with Crippen LogP contribution in [0.15, 0.2) is 24.5 Å². The van der Waals surface area contributed by atoms with Crippen LogP contribution in [0.2, 0.25) is 5.02 Å². The summed E-state index contributed by atoms with van der Waals surface area (Å²) in [6.45, 7) is 1.94. The Hall–Kier alpha value is -1.15. The maximum atomic E-state index is 5.84. The molecule has 0 aliphatic carbocycles. The molecule has 0 fully saturated rings. The van der Waals surface area contributed by atoms with Crippen molar-refractivity contribution < 1.29 is 0 Å². The largest absolute Gasteiger partial charge is 0.241 e. The van der Waals surface area contributed by atoms with Crippen molar-refractivity contribution in [2.45, 2.75) is 6.92 Å². The highest BCUT2D eigenvalue weighted by molar-refractivity contribution is 6.31. The fourth-order valence-corrected chi connectivity index (χ4v) is 1.33. The second kappa shape index (κ2) is 2.72. The van der Waals surface area contributed by atoms with E-state index in [4.69, 9.17) is 11.6 Å². The Kier molecular flexibility index (Phi) is 1.70. The highest BCUT2D eigenvalue weighted by atomic mass is 35.5. The monoisotopic (exact) mass is 178 g/mol. The molecule has 0 aliphatic heterocycles. The molecular weight excluding hydrogens is 172 g/mol. The Morgan fingerprint density at radius 1 is 1.25 bits per heavy atom. The molecule has 0 amide bonds. The van der Waals surface area contributed by atoms with E-state index in [0.29, 0.717) is 0 Å². The van der Waals surface area contributed by atoms with Crippen LogP contribution in [0, 0.1) is 6.92 Å². The van der Waals surface area contributed by atoms with Crippen molar-refractivity contribution in [3.8, 4) is 0 Å². The molecule has 0 saturated carbocycles. The first-order valence-corrected chi connectivity index (χ1v) is 4.02. The summed E-state index contributed by atoms with van der Waals surface area (Å²) in [6, 6.07) is 5.61. The molecule has 0 N–H and O–H groups in total. The number of benzene rings is 1. The van der Waals surface area contributed by atoms with Gasteiger partial charge in [-0.2, -0.15) is 0 Å². The lowest BCUT2D eigenvalue weighted by atomic mass is 10.2. The summed E-state index contributed by atoms with van der Waals surface area (Å²) in [5, 5.41) is 1.74. The fourth-order valence-electron chi connectivity index (χ4n) is 1.16. The predicted molar refractivity (Wildman–Crippen MR) is 49.3 cm³/mol. The van der Waals surface area contributed by atoms with Crippen LogP contribution in [0.4, 0.5) is 0 Å². The first-order chi connectivity index (χ1) is 5.77. The van der Waals surface area contributed by atoms with E-state index in [2.05, 4.69) is 9.97 Å². The Morgan fingerprint density at radius 3 is 2.92 bits per heavy atom. The van der Waals surface area contributed by atoms with E-state index in [1.807, 2.05) is 25.1 Å². The lowest BCUT2D eigenvalue weighted by Crippen LogP contribution is -1.86. The number of nitrogens with zero attached hydrogens (tertiary/aromatic N) is 2. The number of hydrogen-bond donors (Lipinski definition) is 0. The minimum Gasteiger partial charge on any atom is -0.241 e. The van der Waals surface area contributed by atoms with Gasteiger partial charge in [-0.25, -0.2) is 9.97 Å². The normalized spacial score (nSPS) is 10.5. The van der Waals surface area contributed by atoms with Crippen LogP contribution in [0.3, 0.4) is 0 Å². The average molecular weight is 179 g/mol. The van der Waals surface area contributed by atoms with Gasteiger partial charge in [0, 0.05) is 16.1 Å². The smallest absolute Gasteiger partial charge is 0.116 e. The molecule has 0 spiro atoms. The summed E-state index contributed by atoms with van der Waals surface area (Å²) in [4.78, 5) is 8.19. The Bertz CT molecular complexity index is 426. The van der Waals surface area contributed by atoms with Gasteiger partial charge in [-0.1, -0.05) is 11.6 Å². The quantitative estimate of drug-likeness (QED) is 0.620. The third kappa shape index (κ3) is 1.14. The lowest BCUT2D eigenvalue weighted by Gasteiger charge is -1.99. The molecule has 0 unspecified atom stereocenters. The van der Waals surface area contributed by atoms with E-state index in [9.17, 15) is 0 Å². The summed E-state index contributed by atoms with van der Waals surface area (Å²) >= 11 is 5.84. The first kappa shape index (κ1) is 7.50. The Morgan fingerprint density at radius 2 is 2.08 bits per heavy atom. The Labute approximate surface area is 75.2 Å². The van der Waals surface area contributed by atoms with Crippen LogP contribution in [0.25, 0.3) is 10.9 Å². The number of fused-ring (bicyclic) bond motifs is 1. The zero-order valence-corrected chi connectivity index (χ0v) is 7.34. The maximum absolute atomic E-state index is 5.84. The van der Waals surface area contributed by atoms with E-state index in [0.717, 1.165) is 21.6 Å². The first-order valence-electron chi connectivity index (χ1n) is 3.64. The fraction of sp³-hybridized carbons (Fsp3) is 0.111. The molecule has 2 nitrogen and oxygen atoms in total. The van der Waals surface area contributed by atoms with Gasteiger partial charge < -0.3 is 0 Å². The van der Waals surface area contributed by atoms with Crippen molar-refractivity contribution in [3.05, 3.63) is 35.2 Å². The third-order valence-corrected chi connectivity index (χ3v) is 2.03. The summed E-state index contributed by atoms with van der Waals surface area (Å²) in [7, 11) is 0. The van der Waals surface area contributed by atoms with E-state index >= 15 is 0 Å². The Balaban J connectivity index is 2.88. The number of rotatable bonds is 0. The molecule has 0 bridgehead atoms. The van der Waals surface area contributed by atoms with E-state index in [-0.39, 0.29) is 0 Å². The number of aryl methyl sites for hydroxylation is 1. The standard InChI is InChI=1S/C9H7ClN2/c1-6-8-4-7(10)2-3-9(8)12-5-11-6/h2-5H,1H3. The molecule has 0 radical (unpaired) electrons. The molecule has 1 heterocycles. The second-order valence-corrected chi connectivity index (χ2v) is 3.06. The molecule has 2 aromatic rings. The predicted octanol–water partition coefficient (Wildman–Crippen LogP) is 2.59. The lowest BCUT2D eigenvalue weighted by molar-refractivity contribution is 1.15. The summed E-state index contributed by atoms with van der Waals surface area (Å²) in [5.41, 5.74) is 1.90. The van der Waals surface area contributed by atoms with Gasteiger partial charge in [0.05, 0.1) is 5.52 Å². The number of aromatic nitrogens is 2. The van der Waals surface area contributed by atoms with Gasteiger partial charge in [0.25, 0.3) is 0 Å². The summed E-state index contributed by atoms with van der Waals surface area (Å²) < 4.78 is 0. The molecule has 0 aliphatic rings. The van der Waals surface area contributed by atoms with Gasteiger partial charge in [0.1, 0.15) is 6.33 Å². The van der Waals surface area contributed by atoms with Crippen LogP contribution in [0.1, 0.15) is 5.69 Å². The average Bonchev–Trinajstić information content (AvgIpc) is 2.07. The van der Waals surface area contributed by atoms with Gasteiger partial charge in [0.15, 0.2) is 0 Å². The molecule has 1 aromatic carbocycles. The molecule has 0 saturated heterocycles. The van der Waals surface area contributed by atoms with Gasteiger partial charge >= 0.3 is 0 Å². The highest BCUT2D eigenvalue weighted by Gasteiger charge is 1.98.